The standard InChI is InChI=1S/C29H28N2O5S/c30-29(34)36-23-12-13-24-25(18-23)37-28(20-4-8-21(32)9-5-20)26(24)27(33)19-6-10-22(11-7-19)35-17-16-31-14-2-1-3-15-31/h4-13,18,32H,1-3,14-17H2,(H2,30,34). The molecule has 8 heteroatoms. The molecule has 1 fully saturated rings. The van der Waals surface area contributed by atoms with Crippen LogP contribution in [0.3, 0.4) is 0 Å². The van der Waals surface area contributed by atoms with E-state index in [1.807, 2.05) is 12.1 Å². The second kappa shape index (κ2) is 11.0. The zero-order valence-corrected chi connectivity index (χ0v) is 21.1. The molecule has 0 saturated carbocycles. The van der Waals surface area contributed by atoms with E-state index in [1.54, 1.807) is 54.6 Å². The number of ketones is 1. The number of hydrogen-bond donors (Lipinski definition) is 2. The maximum Gasteiger partial charge on any atom is 0.409 e. The fraction of sp³-hybridized carbons (Fsp3) is 0.241. The van der Waals surface area contributed by atoms with Gasteiger partial charge in [-0.3, -0.25) is 9.69 Å². The Hall–Kier alpha value is -3.88. The minimum atomic E-state index is -0.899. The minimum absolute atomic E-state index is 0.127. The highest BCUT2D eigenvalue weighted by Crippen LogP contribution is 2.41. The van der Waals surface area contributed by atoms with Crippen molar-refractivity contribution in [2.24, 2.45) is 5.73 Å². The van der Waals surface area contributed by atoms with Crippen molar-refractivity contribution < 1.29 is 24.2 Å². The third-order valence-corrected chi connectivity index (χ3v) is 7.68. The number of carbonyl (C=O) groups excluding carboxylic acids is 2. The number of ether oxygens (including phenoxy) is 2. The van der Waals surface area contributed by atoms with E-state index in [0.717, 1.165) is 45.9 Å². The van der Waals surface area contributed by atoms with Crippen LogP contribution in [0.25, 0.3) is 20.5 Å². The van der Waals surface area contributed by atoms with Gasteiger partial charge in [0.05, 0.1) is 0 Å². The van der Waals surface area contributed by atoms with Crippen molar-refractivity contribution in [2.75, 3.05) is 26.2 Å². The number of fused-ring (bicyclic) bond motifs is 1. The van der Waals surface area contributed by atoms with Crippen LogP contribution in [0.2, 0.25) is 0 Å². The van der Waals surface area contributed by atoms with Crippen LogP contribution in [-0.2, 0) is 0 Å². The largest absolute Gasteiger partial charge is 0.508 e. The van der Waals surface area contributed by atoms with Gasteiger partial charge in [0, 0.05) is 32.6 Å². The number of aromatic hydroxyl groups is 1. The molecule has 0 radical (unpaired) electrons. The van der Waals surface area contributed by atoms with Crippen LogP contribution in [0.4, 0.5) is 4.79 Å². The molecule has 0 aliphatic carbocycles. The molecule has 190 valence electrons. The number of carbonyl (C=O) groups is 2. The summed E-state index contributed by atoms with van der Waals surface area (Å²) in [5.41, 5.74) is 7.06. The van der Waals surface area contributed by atoms with E-state index in [4.69, 9.17) is 15.2 Å². The van der Waals surface area contributed by atoms with Gasteiger partial charge in [-0.25, -0.2) is 4.79 Å². The summed E-state index contributed by atoms with van der Waals surface area (Å²) in [7, 11) is 0. The first-order valence-corrected chi connectivity index (χ1v) is 13.1. The molecule has 0 spiro atoms. The van der Waals surface area contributed by atoms with Gasteiger partial charge >= 0.3 is 6.09 Å². The van der Waals surface area contributed by atoms with E-state index in [2.05, 4.69) is 4.90 Å². The molecule has 4 aromatic rings. The number of hydrogen-bond acceptors (Lipinski definition) is 7. The maximum absolute atomic E-state index is 13.8. The van der Waals surface area contributed by atoms with E-state index < -0.39 is 6.09 Å². The molecule has 0 atom stereocenters. The van der Waals surface area contributed by atoms with Gasteiger partial charge in [0.1, 0.15) is 23.9 Å². The van der Waals surface area contributed by atoms with Crippen LogP contribution >= 0.6 is 11.3 Å². The Morgan fingerprint density at radius 2 is 1.62 bits per heavy atom. The van der Waals surface area contributed by atoms with Gasteiger partial charge in [0.25, 0.3) is 0 Å². The fourth-order valence-corrected chi connectivity index (χ4v) is 5.85. The summed E-state index contributed by atoms with van der Waals surface area (Å²) in [4.78, 5) is 28.2. The second-order valence-corrected chi connectivity index (χ2v) is 10.1. The maximum atomic E-state index is 13.8. The summed E-state index contributed by atoms with van der Waals surface area (Å²) in [6.07, 6.45) is 2.91. The van der Waals surface area contributed by atoms with Crippen LogP contribution in [0.5, 0.6) is 17.2 Å². The lowest BCUT2D eigenvalue weighted by atomic mass is 9.97. The number of benzene rings is 3. The molecule has 1 aliphatic rings. The van der Waals surface area contributed by atoms with Gasteiger partial charge in [-0.2, -0.15) is 0 Å². The summed E-state index contributed by atoms with van der Waals surface area (Å²) in [6.45, 7) is 3.78. The van der Waals surface area contributed by atoms with Crippen molar-refractivity contribution in [3.8, 4) is 27.7 Å². The van der Waals surface area contributed by atoms with Gasteiger partial charge in [-0.1, -0.05) is 6.42 Å². The van der Waals surface area contributed by atoms with Gasteiger partial charge in [0.15, 0.2) is 5.78 Å². The monoisotopic (exact) mass is 516 g/mol. The van der Waals surface area contributed by atoms with Crippen molar-refractivity contribution in [1.29, 1.82) is 0 Å². The molecule has 1 saturated heterocycles. The quantitative estimate of drug-likeness (QED) is 0.286. The molecule has 0 bridgehead atoms. The lowest BCUT2D eigenvalue weighted by molar-refractivity contribution is 0.104. The Kier molecular flexibility index (Phi) is 7.39. The first-order valence-electron chi connectivity index (χ1n) is 12.3. The van der Waals surface area contributed by atoms with Crippen molar-refractivity contribution in [2.45, 2.75) is 19.3 Å². The molecule has 37 heavy (non-hydrogen) atoms. The normalized spacial score (nSPS) is 13.9. The van der Waals surface area contributed by atoms with E-state index >= 15 is 0 Å². The lowest BCUT2D eigenvalue weighted by Gasteiger charge is -2.26. The Balaban J connectivity index is 1.41. The highest BCUT2D eigenvalue weighted by atomic mass is 32.1. The highest BCUT2D eigenvalue weighted by molar-refractivity contribution is 7.22. The summed E-state index contributed by atoms with van der Waals surface area (Å²) >= 11 is 1.41. The SMILES string of the molecule is NC(=O)Oc1ccc2c(C(=O)c3ccc(OCCN4CCCCC4)cc3)c(-c3ccc(O)cc3)sc2c1. The molecule has 3 aromatic carbocycles. The molecule has 1 amide bonds. The summed E-state index contributed by atoms with van der Waals surface area (Å²) in [5, 5.41) is 10.5. The van der Waals surface area contributed by atoms with Gasteiger partial charge in [0.2, 0.25) is 0 Å². The Morgan fingerprint density at radius 3 is 2.32 bits per heavy atom. The summed E-state index contributed by atoms with van der Waals surface area (Å²) < 4.78 is 11.7. The van der Waals surface area contributed by atoms with Crippen LogP contribution in [0.15, 0.2) is 66.7 Å². The zero-order chi connectivity index (χ0) is 25.8. The molecule has 1 aliphatic heterocycles. The first kappa shape index (κ1) is 24.8. The number of phenolic OH excluding ortho intramolecular Hbond substituents is 1. The number of thiophene rings is 1. The minimum Gasteiger partial charge on any atom is -0.508 e. The average molecular weight is 517 g/mol. The summed E-state index contributed by atoms with van der Waals surface area (Å²) in [6, 6.07) is 19.0. The van der Waals surface area contributed by atoms with Crippen molar-refractivity contribution in [1.82, 2.24) is 4.90 Å². The molecule has 3 N–H and O–H groups in total. The zero-order valence-electron chi connectivity index (χ0n) is 20.3. The van der Waals surface area contributed by atoms with E-state index in [0.29, 0.717) is 23.5 Å². The number of phenols is 1. The fourth-order valence-electron chi connectivity index (χ4n) is 4.62. The number of likely N-dealkylation sites (tertiary alicyclic amines) is 1. The van der Waals surface area contributed by atoms with Gasteiger partial charge < -0.3 is 20.3 Å². The molecular weight excluding hydrogens is 488 g/mol. The predicted molar refractivity (Wildman–Crippen MR) is 145 cm³/mol. The van der Waals surface area contributed by atoms with Crippen molar-refractivity contribution in [3.63, 3.8) is 0 Å². The molecule has 7 nitrogen and oxygen atoms in total. The topological polar surface area (TPSA) is 102 Å². The van der Waals surface area contributed by atoms with Crippen LogP contribution in [0, 0.1) is 0 Å². The van der Waals surface area contributed by atoms with E-state index in [-0.39, 0.29) is 11.5 Å². The average Bonchev–Trinajstić information content (AvgIpc) is 3.28. The second-order valence-electron chi connectivity index (χ2n) is 9.04. The highest BCUT2D eigenvalue weighted by Gasteiger charge is 2.22. The summed E-state index contributed by atoms with van der Waals surface area (Å²) in [5.74, 6) is 1.06. The molecular formula is C29H28N2O5S. The van der Waals surface area contributed by atoms with Crippen LogP contribution < -0.4 is 15.2 Å². The third-order valence-electron chi connectivity index (χ3n) is 6.48. The Labute approximate surface area is 219 Å². The Bertz CT molecular complexity index is 1410. The van der Waals surface area contributed by atoms with Gasteiger partial charge in [-0.05, 0) is 98.2 Å². The predicted octanol–water partition coefficient (Wildman–Crippen LogP) is 5.83. The molecule has 1 aromatic heterocycles. The first-order chi connectivity index (χ1) is 18.0. The number of primary amides is 1. The van der Waals surface area contributed by atoms with E-state index in [9.17, 15) is 14.7 Å². The molecule has 0 unspecified atom stereocenters. The van der Waals surface area contributed by atoms with E-state index in [1.165, 1.54) is 30.6 Å². The van der Waals surface area contributed by atoms with Gasteiger partial charge in [-0.15, -0.1) is 11.3 Å². The van der Waals surface area contributed by atoms with Crippen molar-refractivity contribution in [3.05, 3.63) is 77.9 Å². The number of nitrogens with zero attached hydrogens (tertiary/aromatic N) is 1. The number of nitrogens with two attached hydrogens (primary N) is 1. The number of piperidine rings is 1. The number of rotatable bonds is 8. The molecule has 5 rings (SSSR count). The molecule has 2 heterocycles. The lowest BCUT2D eigenvalue weighted by Crippen LogP contribution is -2.33. The van der Waals surface area contributed by atoms with Crippen molar-refractivity contribution >= 4 is 33.3 Å². The smallest absolute Gasteiger partial charge is 0.409 e. The van der Waals surface area contributed by atoms with Crippen LogP contribution in [0.1, 0.15) is 35.2 Å². The number of amides is 1. The Morgan fingerprint density at radius 1 is 0.919 bits per heavy atom. The third kappa shape index (κ3) is 5.76. The van der Waals surface area contributed by atoms with Crippen LogP contribution in [-0.4, -0.2) is 48.1 Å².